The van der Waals surface area contributed by atoms with E-state index in [1.807, 2.05) is 0 Å². The molecule has 1 saturated heterocycles. The van der Waals surface area contributed by atoms with Gasteiger partial charge in [0.05, 0.1) is 6.61 Å². The van der Waals surface area contributed by atoms with Crippen molar-refractivity contribution >= 4 is 29.3 Å². The molecule has 0 radical (unpaired) electrons. The molecule has 0 saturated carbocycles. The van der Waals surface area contributed by atoms with Gasteiger partial charge in [0, 0.05) is 11.8 Å². The monoisotopic (exact) mass is 497 g/mol. The minimum Gasteiger partial charge on any atom is -0.387 e. The molecule has 172 valence electrons. The summed E-state index contributed by atoms with van der Waals surface area (Å²) in [4.78, 5) is 50.9. The number of rotatable bonds is 8. The van der Waals surface area contributed by atoms with Gasteiger partial charge in [-0.25, -0.2) is 18.5 Å². The molecule has 1 aliphatic rings. The summed E-state index contributed by atoms with van der Waals surface area (Å²) >= 11 is 0. The van der Waals surface area contributed by atoms with Gasteiger partial charge in [0.2, 0.25) is 0 Å². The van der Waals surface area contributed by atoms with Gasteiger partial charge in [0.15, 0.2) is 6.23 Å². The lowest BCUT2D eigenvalue weighted by Crippen LogP contribution is -2.36. The zero-order valence-corrected chi connectivity index (χ0v) is 17.5. The summed E-state index contributed by atoms with van der Waals surface area (Å²) in [5.74, 6) is -0.0755. The van der Waals surface area contributed by atoms with Gasteiger partial charge in [-0.2, -0.15) is 13.6 Å². The molecule has 0 spiro atoms. The number of nitrogens with zero attached hydrogens (tertiary/aromatic N) is 2. The number of aliphatic hydroxyl groups is 2. The van der Waals surface area contributed by atoms with Crippen molar-refractivity contribution < 1.29 is 61.4 Å². The summed E-state index contributed by atoms with van der Waals surface area (Å²) in [6.07, 6.45) is -5.32. The maximum Gasteiger partial charge on any atom is 0.490 e. The number of nitrogens with two attached hydrogens (primary N) is 1. The minimum atomic E-state index is -5.72. The van der Waals surface area contributed by atoms with Crippen molar-refractivity contribution in [3.8, 4) is 0 Å². The molecule has 0 aromatic carbocycles. The Hall–Kier alpha value is -1.03. The number of aromatic nitrogens is 2. The van der Waals surface area contributed by atoms with Crippen LogP contribution in [-0.4, -0.2) is 64.3 Å². The molecule has 1 aromatic heterocycles. The second-order valence-electron chi connectivity index (χ2n) is 5.93. The van der Waals surface area contributed by atoms with Crippen molar-refractivity contribution in [1.82, 2.24) is 9.55 Å². The standard InChI is InChI=1S/C10H18N3O14P3/c1-4-2-13(10(16)12-8(4)11)9-7(15)6(14)5(25-9)3-24-29(20,21)27-30(22,23)26-28(17,18)19/h2,5-7,9,14-15H,3H2,1H3,(H,20,21)(H,22,23)(H2,11,12,16)(H2,17,18,19)/t5-,6+,7?,9-/m1/s1. The summed E-state index contributed by atoms with van der Waals surface area (Å²) in [5, 5.41) is 20.1. The maximum atomic E-state index is 12.0. The van der Waals surface area contributed by atoms with E-state index >= 15 is 0 Å². The Morgan fingerprint density at radius 2 is 1.73 bits per heavy atom. The van der Waals surface area contributed by atoms with Gasteiger partial charge < -0.3 is 40.3 Å². The number of aryl methyl sites for hydroxylation is 1. The minimum absolute atomic E-state index is 0.0755. The topological polar surface area (TPSA) is 270 Å². The van der Waals surface area contributed by atoms with Crippen molar-refractivity contribution in [2.75, 3.05) is 12.3 Å². The zero-order chi connectivity index (χ0) is 23.1. The maximum absolute atomic E-state index is 12.0. The first-order chi connectivity index (χ1) is 13.5. The SMILES string of the molecule is Cc1cn([C@@H]2O[C@H](COP(=O)(O)OP(=O)(O)OP(=O)(O)O)[C@H](O)C2O)c(=O)nc1N. The number of ether oxygens (including phenoxy) is 1. The van der Waals surface area contributed by atoms with Gasteiger partial charge in [-0.05, 0) is 6.92 Å². The molecule has 20 heteroatoms. The van der Waals surface area contributed by atoms with E-state index in [9.17, 15) is 33.6 Å². The summed E-state index contributed by atoms with van der Waals surface area (Å²) in [5.41, 5.74) is 4.91. The van der Waals surface area contributed by atoms with Crippen LogP contribution in [0.25, 0.3) is 0 Å². The second-order valence-corrected chi connectivity index (χ2v) is 10.4. The van der Waals surface area contributed by atoms with E-state index in [2.05, 4.69) is 18.1 Å². The molecular formula is C10H18N3O14P3. The van der Waals surface area contributed by atoms with Crippen LogP contribution >= 0.6 is 23.5 Å². The van der Waals surface area contributed by atoms with Gasteiger partial charge in [0.25, 0.3) is 0 Å². The number of phosphoric acid groups is 3. The molecule has 6 atom stereocenters. The number of anilines is 1. The number of hydrogen-bond donors (Lipinski definition) is 7. The molecule has 30 heavy (non-hydrogen) atoms. The lowest BCUT2D eigenvalue weighted by atomic mass is 10.1. The first-order valence-corrected chi connectivity index (χ1v) is 12.2. The van der Waals surface area contributed by atoms with Crippen LogP contribution < -0.4 is 11.4 Å². The molecule has 0 aliphatic carbocycles. The fourth-order valence-corrected chi connectivity index (χ4v) is 5.36. The first kappa shape index (κ1) is 25.2. The predicted molar refractivity (Wildman–Crippen MR) is 93.4 cm³/mol. The van der Waals surface area contributed by atoms with Crippen LogP contribution in [0.2, 0.25) is 0 Å². The van der Waals surface area contributed by atoms with E-state index in [4.69, 9.17) is 25.2 Å². The Labute approximate surface area is 167 Å². The Balaban J connectivity index is 2.09. The van der Waals surface area contributed by atoms with Crippen molar-refractivity contribution in [3.05, 3.63) is 22.2 Å². The van der Waals surface area contributed by atoms with Gasteiger partial charge in [-0.3, -0.25) is 9.09 Å². The quantitative estimate of drug-likeness (QED) is 0.193. The lowest BCUT2D eigenvalue weighted by Gasteiger charge is -2.19. The Morgan fingerprint density at radius 3 is 2.30 bits per heavy atom. The lowest BCUT2D eigenvalue weighted by molar-refractivity contribution is -0.0542. The van der Waals surface area contributed by atoms with Crippen LogP contribution in [0.3, 0.4) is 0 Å². The Kier molecular flexibility index (Phi) is 7.44. The first-order valence-electron chi connectivity index (χ1n) is 7.66. The second kappa shape index (κ2) is 8.84. The summed E-state index contributed by atoms with van der Waals surface area (Å²) < 4.78 is 51.0. The highest BCUT2D eigenvalue weighted by molar-refractivity contribution is 7.66. The van der Waals surface area contributed by atoms with E-state index in [1.165, 1.54) is 13.1 Å². The van der Waals surface area contributed by atoms with Crippen molar-refractivity contribution in [1.29, 1.82) is 0 Å². The van der Waals surface area contributed by atoms with E-state index in [0.717, 1.165) is 4.57 Å². The zero-order valence-electron chi connectivity index (χ0n) is 14.9. The van der Waals surface area contributed by atoms with E-state index in [0.29, 0.717) is 5.56 Å². The Bertz CT molecular complexity index is 992. The summed E-state index contributed by atoms with van der Waals surface area (Å²) in [6.45, 7) is 0.484. The van der Waals surface area contributed by atoms with Crippen LogP contribution in [0.4, 0.5) is 5.82 Å². The van der Waals surface area contributed by atoms with E-state index < -0.39 is 60.3 Å². The average Bonchev–Trinajstić information content (AvgIpc) is 2.81. The molecule has 17 nitrogen and oxygen atoms in total. The van der Waals surface area contributed by atoms with Gasteiger partial charge in [-0.15, -0.1) is 0 Å². The third-order valence-electron chi connectivity index (χ3n) is 3.60. The van der Waals surface area contributed by atoms with Crippen molar-refractivity contribution in [2.24, 2.45) is 0 Å². The molecule has 2 heterocycles. The fraction of sp³-hybridized carbons (Fsp3) is 0.600. The molecule has 0 bridgehead atoms. The largest absolute Gasteiger partial charge is 0.490 e. The van der Waals surface area contributed by atoms with Crippen LogP contribution in [0, 0.1) is 6.92 Å². The molecule has 0 amide bonds. The van der Waals surface area contributed by atoms with Crippen molar-refractivity contribution in [3.63, 3.8) is 0 Å². The number of aliphatic hydroxyl groups excluding tert-OH is 2. The van der Waals surface area contributed by atoms with Gasteiger partial charge in [-0.1, -0.05) is 0 Å². The number of phosphoric ester groups is 1. The molecule has 1 fully saturated rings. The molecular weight excluding hydrogens is 479 g/mol. The third-order valence-corrected chi connectivity index (χ3v) is 7.41. The fourth-order valence-electron chi connectivity index (χ4n) is 2.33. The highest BCUT2D eigenvalue weighted by Crippen LogP contribution is 2.66. The van der Waals surface area contributed by atoms with Crippen LogP contribution in [0.1, 0.15) is 11.8 Å². The van der Waals surface area contributed by atoms with Crippen molar-refractivity contribution in [2.45, 2.75) is 31.5 Å². The Morgan fingerprint density at radius 1 is 1.13 bits per heavy atom. The highest BCUT2D eigenvalue weighted by Gasteiger charge is 2.46. The molecule has 1 aromatic rings. The van der Waals surface area contributed by atoms with E-state index in [1.54, 1.807) is 0 Å². The number of nitrogen functional groups attached to an aromatic ring is 1. The summed E-state index contributed by atoms with van der Waals surface area (Å²) in [6, 6.07) is 0. The highest BCUT2D eigenvalue weighted by atomic mass is 31.3. The van der Waals surface area contributed by atoms with E-state index in [-0.39, 0.29) is 5.82 Å². The van der Waals surface area contributed by atoms with Gasteiger partial charge in [0.1, 0.15) is 24.1 Å². The average molecular weight is 497 g/mol. The normalized spacial score (nSPS) is 28.8. The smallest absolute Gasteiger partial charge is 0.387 e. The van der Waals surface area contributed by atoms with Crippen LogP contribution in [0.15, 0.2) is 11.0 Å². The predicted octanol–water partition coefficient (Wildman–Crippen LogP) is -1.90. The van der Waals surface area contributed by atoms with Gasteiger partial charge >= 0.3 is 29.2 Å². The van der Waals surface area contributed by atoms with Crippen LogP contribution in [-0.2, 0) is 31.6 Å². The molecule has 1 aliphatic heterocycles. The summed E-state index contributed by atoms with van der Waals surface area (Å²) in [7, 11) is -16.7. The third kappa shape index (κ3) is 6.48. The van der Waals surface area contributed by atoms with Crippen LogP contribution in [0.5, 0.6) is 0 Å². The molecule has 3 unspecified atom stereocenters. The molecule has 2 rings (SSSR count). The molecule has 8 N–H and O–H groups in total. The number of hydrogen-bond acceptors (Lipinski definition) is 12.